The third kappa shape index (κ3) is 4.57. The highest BCUT2D eigenvalue weighted by Gasteiger charge is 2.29. The number of anilines is 1. The van der Waals surface area contributed by atoms with Crippen molar-refractivity contribution in [2.24, 2.45) is 0 Å². The second-order valence-electron chi connectivity index (χ2n) is 6.86. The van der Waals surface area contributed by atoms with Crippen LogP contribution in [0.25, 0.3) is 0 Å². The fourth-order valence-electron chi connectivity index (χ4n) is 3.21. The summed E-state index contributed by atoms with van der Waals surface area (Å²) >= 11 is 0. The summed E-state index contributed by atoms with van der Waals surface area (Å²) in [6, 6.07) is 7.67. The molecule has 0 unspecified atom stereocenters. The number of aromatic nitrogens is 1. The largest absolute Gasteiger partial charge is 0.469 e. The third-order valence-corrected chi connectivity index (χ3v) is 6.92. The van der Waals surface area contributed by atoms with Gasteiger partial charge in [-0.25, -0.2) is 13.4 Å². The summed E-state index contributed by atoms with van der Waals surface area (Å²) < 4.78 is 32.2. The Labute approximate surface area is 174 Å². The molecule has 160 valence electrons. The fraction of sp³-hybridized carbons (Fsp3) is 0.368. The molecule has 0 N–H and O–H groups in total. The fourth-order valence-corrected chi connectivity index (χ4v) is 4.68. The number of esters is 1. The number of carbonyl (C=O) groups excluding carboxylic acids is 1. The smallest absolute Gasteiger partial charge is 0.309 e. The molecule has 1 fully saturated rings. The highest BCUT2D eigenvalue weighted by molar-refractivity contribution is 7.89. The van der Waals surface area contributed by atoms with Crippen LogP contribution < -0.4 is 4.90 Å². The Morgan fingerprint density at radius 3 is 2.47 bits per heavy atom. The minimum Gasteiger partial charge on any atom is -0.469 e. The van der Waals surface area contributed by atoms with Crippen molar-refractivity contribution in [2.75, 3.05) is 38.2 Å². The van der Waals surface area contributed by atoms with Crippen molar-refractivity contribution in [1.82, 2.24) is 9.29 Å². The lowest BCUT2D eigenvalue weighted by Crippen LogP contribution is -2.48. The second-order valence-corrected chi connectivity index (χ2v) is 8.80. The molecule has 11 heteroatoms. The number of nitro groups is 1. The molecule has 0 radical (unpaired) electrons. The van der Waals surface area contributed by atoms with Gasteiger partial charge in [-0.05, 0) is 36.2 Å². The van der Waals surface area contributed by atoms with Gasteiger partial charge in [-0.15, -0.1) is 0 Å². The summed E-state index contributed by atoms with van der Waals surface area (Å²) in [6.07, 6.45) is 1.19. The van der Waals surface area contributed by atoms with Gasteiger partial charge in [0.1, 0.15) is 12.0 Å². The number of sulfonamides is 1. The highest BCUT2D eigenvalue weighted by Crippen LogP contribution is 2.23. The zero-order chi connectivity index (χ0) is 21.9. The van der Waals surface area contributed by atoms with Gasteiger partial charge in [0.25, 0.3) is 5.69 Å². The Morgan fingerprint density at radius 1 is 1.20 bits per heavy atom. The Balaban J connectivity index is 1.72. The molecular weight excluding hydrogens is 412 g/mol. The molecule has 2 heterocycles. The van der Waals surface area contributed by atoms with Crippen LogP contribution in [0.1, 0.15) is 11.1 Å². The van der Waals surface area contributed by atoms with Crippen molar-refractivity contribution < 1.29 is 22.9 Å². The van der Waals surface area contributed by atoms with Gasteiger partial charge in [0.05, 0.1) is 23.3 Å². The first-order chi connectivity index (χ1) is 14.2. The third-order valence-electron chi connectivity index (χ3n) is 5.03. The van der Waals surface area contributed by atoms with Gasteiger partial charge in [0.15, 0.2) is 0 Å². The van der Waals surface area contributed by atoms with Gasteiger partial charge in [0.2, 0.25) is 10.0 Å². The number of pyridine rings is 1. The molecule has 1 aromatic carbocycles. The maximum atomic E-state index is 13.1. The van der Waals surface area contributed by atoms with Gasteiger partial charge in [0, 0.05) is 32.2 Å². The predicted octanol–water partition coefficient (Wildman–Crippen LogP) is 1.52. The maximum absolute atomic E-state index is 13.1. The van der Waals surface area contributed by atoms with Gasteiger partial charge in [-0.1, -0.05) is 6.07 Å². The van der Waals surface area contributed by atoms with Gasteiger partial charge >= 0.3 is 5.97 Å². The number of piperazine rings is 1. The first kappa shape index (κ1) is 21.7. The number of nitrogens with zero attached hydrogens (tertiary/aromatic N) is 4. The number of rotatable bonds is 6. The van der Waals surface area contributed by atoms with Crippen LogP contribution in [0.4, 0.5) is 11.5 Å². The molecule has 0 atom stereocenters. The molecule has 1 aromatic heterocycles. The van der Waals surface area contributed by atoms with Gasteiger partial charge < -0.3 is 9.64 Å². The quantitative estimate of drug-likeness (QED) is 0.381. The van der Waals surface area contributed by atoms with Gasteiger partial charge in [-0.2, -0.15) is 4.31 Å². The number of benzene rings is 1. The van der Waals surface area contributed by atoms with E-state index in [0.717, 1.165) is 5.56 Å². The average Bonchev–Trinajstić information content (AvgIpc) is 2.75. The molecule has 0 amide bonds. The van der Waals surface area contributed by atoms with E-state index in [2.05, 4.69) is 9.72 Å². The van der Waals surface area contributed by atoms with E-state index in [9.17, 15) is 23.3 Å². The molecule has 0 saturated carbocycles. The van der Waals surface area contributed by atoms with E-state index >= 15 is 0 Å². The number of ether oxygens (including phenoxy) is 1. The first-order valence-corrected chi connectivity index (χ1v) is 10.7. The standard InChI is InChI=1S/C19H22N4O6S/c1-14-3-5-17(11-15(14)12-19(24)29-2)30(27,28)22-9-7-21(8-10-22)18-6-4-16(13-20-18)23(25)26/h3-6,11,13H,7-10,12H2,1-2H3. The summed E-state index contributed by atoms with van der Waals surface area (Å²) in [4.78, 5) is 27.9. The lowest BCUT2D eigenvalue weighted by atomic mass is 10.1. The molecule has 1 saturated heterocycles. The Morgan fingerprint density at radius 2 is 1.90 bits per heavy atom. The summed E-state index contributed by atoms with van der Waals surface area (Å²) in [5.41, 5.74) is 1.33. The van der Waals surface area contributed by atoms with Crippen molar-refractivity contribution in [3.63, 3.8) is 0 Å². The van der Waals surface area contributed by atoms with Crippen LogP contribution in [0.2, 0.25) is 0 Å². The molecular formula is C19H22N4O6S. The second kappa shape index (κ2) is 8.76. The summed E-state index contributed by atoms with van der Waals surface area (Å²) in [5, 5.41) is 10.8. The van der Waals surface area contributed by atoms with Crippen molar-refractivity contribution >= 4 is 27.5 Å². The Hall–Kier alpha value is -3.05. The molecule has 0 aliphatic carbocycles. The molecule has 30 heavy (non-hydrogen) atoms. The normalized spacial score (nSPS) is 15.1. The van der Waals surface area contributed by atoms with Crippen LogP contribution in [0.5, 0.6) is 0 Å². The highest BCUT2D eigenvalue weighted by atomic mass is 32.2. The summed E-state index contributed by atoms with van der Waals surface area (Å²) in [5.74, 6) is 0.130. The Kier molecular flexibility index (Phi) is 6.32. The molecule has 0 spiro atoms. The zero-order valence-corrected chi connectivity index (χ0v) is 17.5. The maximum Gasteiger partial charge on any atom is 0.309 e. The number of carbonyl (C=O) groups is 1. The Bertz CT molecular complexity index is 1050. The molecule has 2 aromatic rings. The van der Waals surface area contributed by atoms with Gasteiger partial charge in [-0.3, -0.25) is 14.9 Å². The minimum absolute atomic E-state index is 0.00524. The van der Waals surface area contributed by atoms with Crippen LogP contribution in [-0.2, 0) is 26.0 Å². The van der Waals surface area contributed by atoms with E-state index in [0.29, 0.717) is 24.5 Å². The van der Waals surface area contributed by atoms with E-state index in [4.69, 9.17) is 0 Å². The van der Waals surface area contributed by atoms with E-state index in [1.807, 2.05) is 11.8 Å². The lowest BCUT2D eigenvalue weighted by Gasteiger charge is -2.34. The number of hydrogen-bond acceptors (Lipinski definition) is 8. The van der Waals surface area contributed by atoms with Crippen molar-refractivity contribution in [1.29, 1.82) is 0 Å². The monoisotopic (exact) mass is 434 g/mol. The van der Waals surface area contributed by atoms with E-state index < -0.39 is 20.9 Å². The molecule has 1 aliphatic rings. The van der Waals surface area contributed by atoms with E-state index in [1.165, 1.54) is 35.8 Å². The minimum atomic E-state index is -3.72. The molecule has 1 aliphatic heterocycles. The van der Waals surface area contributed by atoms with E-state index in [-0.39, 0.29) is 30.1 Å². The van der Waals surface area contributed by atoms with Crippen LogP contribution >= 0.6 is 0 Å². The molecule has 0 bridgehead atoms. The molecule has 10 nitrogen and oxygen atoms in total. The van der Waals surface area contributed by atoms with E-state index in [1.54, 1.807) is 12.1 Å². The number of methoxy groups -OCH3 is 1. The van der Waals surface area contributed by atoms with Crippen LogP contribution in [0.3, 0.4) is 0 Å². The van der Waals surface area contributed by atoms with Crippen LogP contribution in [0.15, 0.2) is 41.4 Å². The summed E-state index contributed by atoms with van der Waals surface area (Å²) in [7, 11) is -2.43. The van der Waals surface area contributed by atoms with Crippen molar-refractivity contribution in [2.45, 2.75) is 18.2 Å². The number of hydrogen-bond donors (Lipinski definition) is 0. The van der Waals surface area contributed by atoms with Crippen molar-refractivity contribution in [3.05, 3.63) is 57.8 Å². The lowest BCUT2D eigenvalue weighted by molar-refractivity contribution is -0.385. The average molecular weight is 434 g/mol. The predicted molar refractivity (Wildman–Crippen MR) is 109 cm³/mol. The molecule has 3 rings (SSSR count). The topological polar surface area (TPSA) is 123 Å². The SMILES string of the molecule is COC(=O)Cc1cc(S(=O)(=O)N2CCN(c3ccc([N+](=O)[O-])cn3)CC2)ccc1C. The zero-order valence-electron chi connectivity index (χ0n) is 16.6. The van der Waals surface area contributed by atoms with Crippen LogP contribution in [-0.4, -0.2) is 61.9 Å². The summed E-state index contributed by atoms with van der Waals surface area (Å²) in [6.45, 7) is 3.13. The number of aryl methyl sites for hydroxylation is 1. The first-order valence-electron chi connectivity index (χ1n) is 9.24. The van der Waals surface area contributed by atoms with Crippen molar-refractivity contribution in [3.8, 4) is 0 Å². The van der Waals surface area contributed by atoms with Crippen LogP contribution in [0, 0.1) is 17.0 Å².